The number of nitrogens with one attached hydrogen (secondary N) is 1. The number of ether oxygens (including phenoxy) is 1. The fraction of sp³-hybridized carbons (Fsp3) is 0.409. The molecule has 178 valence electrons. The molecule has 1 unspecified atom stereocenters. The molecule has 6 rings (SSSR count). The van der Waals surface area contributed by atoms with Gasteiger partial charge in [-0.15, -0.1) is 0 Å². The second-order valence-corrected chi connectivity index (χ2v) is 9.01. The van der Waals surface area contributed by atoms with Gasteiger partial charge in [0, 0.05) is 30.4 Å². The molecule has 4 aliphatic rings. The number of amides is 2. The summed E-state index contributed by atoms with van der Waals surface area (Å²) in [6.07, 6.45) is -0.225. The summed E-state index contributed by atoms with van der Waals surface area (Å²) in [5.41, 5.74) is -2.06. The quantitative estimate of drug-likeness (QED) is 0.652. The zero-order valence-corrected chi connectivity index (χ0v) is 17.3. The van der Waals surface area contributed by atoms with Crippen molar-refractivity contribution in [3.05, 3.63) is 63.1 Å². The van der Waals surface area contributed by atoms with Crippen molar-refractivity contribution in [3.8, 4) is 5.75 Å². The van der Waals surface area contributed by atoms with Crippen LogP contribution in [-0.4, -0.2) is 50.7 Å². The largest absolute Gasteiger partial charge is 0.503 e. The maximum absolute atomic E-state index is 14.1. The van der Waals surface area contributed by atoms with Crippen molar-refractivity contribution >= 4 is 11.8 Å². The molecule has 3 fully saturated rings. The lowest BCUT2D eigenvalue weighted by atomic mass is 10.0. The first kappa shape index (κ1) is 21.1. The predicted octanol–water partition coefficient (Wildman–Crippen LogP) is 1.60. The van der Waals surface area contributed by atoms with Crippen molar-refractivity contribution < 1.29 is 37.0 Å². The van der Waals surface area contributed by atoms with Gasteiger partial charge >= 0.3 is 0 Å². The first-order valence-electron chi connectivity index (χ1n) is 10.6. The van der Waals surface area contributed by atoms with E-state index in [-0.39, 0.29) is 25.1 Å². The lowest BCUT2D eigenvalue weighted by molar-refractivity contribution is -0.163. The molecule has 2 aliphatic carbocycles. The van der Waals surface area contributed by atoms with Gasteiger partial charge in [0.2, 0.25) is 5.43 Å². The first-order valence-corrected chi connectivity index (χ1v) is 10.6. The van der Waals surface area contributed by atoms with Crippen molar-refractivity contribution in [1.82, 2.24) is 14.8 Å². The molecule has 1 aromatic carbocycles. The number of hydrogen-bond acceptors (Lipinski definition) is 5. The molecule has 5 atom stereocenters. The van der Waals surface area contributed by atoms with Crippen LogP contribution in [0.2, 0.25) is 0 Å². The molecule has 0 spiro atoms. The number of fused-ring (bicyclic) bond motifs is 8. The molecular formula is C22H17F4N3O5. The first-order chi connectivity index (χ1) is 16.1. The molecule has 2 saturated carbocycles. The Morgan fingerprint density at radius 3 is 2.74 bits per heavy atom. The number of aromatic nitrogens is 1. The van der Waals surface area contributed by atoms with Crippen LogP contribution in [0.4, 0.5) is 17.6 Å². The van der Waals surface area contributed by atoms with Gasteiger partial charge in [-0.05, 0) is 12.5 Å². The number of halogens is 4. The van der Waals surface area contributed by atoms with Gasteiger partial charge in [0.1, 0.15) is 17.2 Å². The molecule has 2 amide bonds. The number of benzene rings is 1. The highest BCUT2D eigenvalue weighted by atomic mass is 19.3. The second-order valence-electron chi connectivity index (χ2n) is 9.01. The smallest absolute Gasteiger partial charge is 0.276 e. The van der Waals surface area contributed by atoms with E-state index in [9.17, 15) is 37.1 Å². The standard InChI is InChI=1S/C22H17F4N3O5/c23-9-2-1-8(11(24)3-9)5-27-20(32)10-6-28-7-14-29(21(33)17(28)19(31)18(10)30)12-4-13(34-14)16-15(12)22(16,25)26/h1-3,6,12-16,31H,4-5,7H2,(H,27,32)/t12-,13+,14?,15-,16+/m1/s1. The number of nitrogens with zero attached hydrogens (tertiary/aromatic N) is 2. The maximum atomic E-state index is 14.1. The van der Waals surface area contributed by atoms with Crippen LogP contribution < -0.4 is 10.7 Å². The van der Waals surface area contributed by atoms with Crippen LogP contribution >= 0.6 is 0 Å². The average Bonchev–Trinajstić information content (AvgIpc) is 3.20. The molecule has 2 aliphatic heterocycles. The van der Waals surface area contributed by atoms with E-state index in [2.05, 4.69) is 5.32 Å². The minimum atomic E-state index is -2.91. The Kier molecular flexibility index (Phi) is 4.24. The highest BCUT2D eigenvalue weighted by Gasteiger charge is 2.80. The second kappa shape index (κ2) is 6.81. The molecular weight excluding hydrogens is 462 g/mol. The van der Waals surface area contributed by atoms with Gasteiger partial charge in [0.15, 0.2) is 17.7 Å². The lowest BCUT2D eigenvalue weighted by Gasteiger charge is -2.46. The van der Waals surface area contributed by atoms with E-state index < -0.39 is 82.0 Å². The van der Waals surface area contributed by atoms with Crippen LogP contribution in [-0.2, 0) is 17.8 Å². The third-order valence-electron chi connectivity index (χ3n) is 7.20. The Morgan fingerprint density at radius 1 is 1.24 bits per heavy atom. The minimum absolute atomic E-state index is 0.0238. The summed E-state index contributed by atoms with van der Waals surface area (Å²) in [4.78, 5) is 39.6. The molecule has 0 radical (unpaired) electrons. The van der Waals surface area contributed by atoms with Gasteiger partial charge in [-0.3, -0.25) is 14.4 Å². The summed E-state index contributed by atoms with van der Waals surface area (Å²) in [6, 6.07) is 2.04. The number of aromatic hydroxyl groups is 1. The van der Waals surface area contributed by atoms with E-state index in [1.807, 2.05) is 0 Å². The van der Waals surface area contributed by atoms with E-state index >= 15 is 0 Å². The number of carbonyl (C=O) groups excluding carboxylic acids is 2. The number of hydrogen-bond donors (Lipinski definition) is 2. The SMILES string of the molecule is O=C(NCc1ccc(F)cc1F)c1cn2c(c(O)c1=O)C(=O)N1C(C2)O[C@H]2C[C@@H]1[C@@H]1[C@H]2C1(F)F. The van der Waals surface area contributed by atoms with Gasteiger partial charge in [0.05, 0.1) is 24.5 Å². The summed E-state index contributed by atoms with van der Waals surface area (Å²) >= 11 is 0. The zero-order valence-electron chi connectivity index (χ0n) is 17.3. The number of rotatable bonds is 3. The predicted molar refractivity (Wildman–Crippen MR) is 105 cm³/mol. The van der Waals surface area contributed by atoms with Gasteiger partial charge in [-0.25, -0.2) is 17.6 Å². The molecule has 8 nitrogen and oxygen atoms in total. The maximum Gasteiger partial charge on any atom is 0.276 e. The molecule has 2 bridgehead atoms. The Bertz CT molecular complexity index is 1330. The van der Waals surface area contributed by atoms with Crippen molar-refractivity contribution in [2.75, 3.05) is 0 Å². The van der Waals surface area contributed by atoms with Crippen LogP contribution in [0.1, 0.15) is 32.8 Å². The van der Waals surface area contributed by atoms with E-state index in [1.54, 1.807) is 0 Å². The average molecular weight is 479 g/mol. The van der Waals surface area contributed by atoms with Crippen LogP contribution in [0.5, 0.6) is 5.75 Å². The fourth-order valence-electron chi connectivity index (χ4n) is 5.61. The van der Waals surface area contributed by atoms with Crippen molar-refractivity contribution in [2.45, 2.75) is 43.8 Å². The Labute approximate surface area is 188 Å². The molecule has 2 N–H and O–H groups in total. The number of carbonyl (C=O) groups is 2. The van der Waals surface area contributed by atoms with Crippen LogP contribution in [0.25, 0.3) is 0 Å². The van der Waals surface area contributed by atoms with Gasteiger partial charge in [-0.1, -0.05) is 6.07 Å². The highest BCUT2D eigenvalue weighted by Crippen LogP contribution is 2.68. The highest BCUT2D eigenvalue weighted by molar-refractivity contribution is 5.99. The Hall–Kier alpha value is -3.41. The van der Waals surface area contributed by atoms with E-state index in [1.165, 1.54) is 9.47 Å². The third-order valence-corrected chi connectivity index (χ3v) is 7.20. The number of alkyl halides is 2. The molecule has 1 saturated heterocycles. The third kappa shape index (κ3) is 2.77. The van der Waals surface area contributed by atoms with E-state index in [0.29, 0.717) is 6.07 Å². The summed E-state index contributed by atoms with van der Waals surface area (Å²) in [6.45, 7) is -0.425. The fourth-order valence-corrected chi connectivity index (χ4v) is 5.61. The molecule has 2 aromatic rings. The topological polar surface area (TPSA) is 101 Å². The Balaban J connectivity index is 1.29. The molecule has 3 heterocycles. The molecule has 34 heavy (non-hydrogen) atoms. The van der Waals surface area contributed by atoms with E-state index in [4.69, 9.17) is 4.74 Å². The van der Waals surface area contributed by atoms with Gasteiger partial charge in [0.25, 0.3) is 17.7 Å². The van der Waals surface area contributed by atoms with Crippen LogP contribution in [0, 0.1) is 23.5 Å². The van der Waals surface area contributed by atoms with Crippen LogP contribution in [0.15, 0.2) is 29.2 Å². The van der Waals surface area contributed by atoms with Crippen molar-refractivity contribution in [3.63, 3.8) is 0 Å². The van der Waals surface area contributed by atoms with Crippen LogP contribution in [0.3, 0.4) is 0 Å². The summed E-state index contributed by atoms with van der Waals surface area (Å²) in [7, 11) is 0. The molecule has 1 aromatic heterocycles. The normalized spacial score (nSPS) is 29.8. The van der Waals surface area contributed by atoms with E-state index in [0.717, 1.165) is 18.3 Å². The summed E-state index contributed by atoms with van der Waals surface area (Å²) < 4.78 is 62.0. The van der Waals surface area contributed by atoms with Crippen molar-refractivity contribution in [2.24, 2.45) is 11.8 Å². The minimum Gasteiger partial charge on any atom is -0.503 e. The summed E-state index contributed by atoms with van der Waals surface area (Å²) in [5, 5.41) is 12.8. The van der Waals surface area contributed by atoms with Crippen molar-refractivity contribution in [1.29, 1.82) is 0 Å². The summed E-state index contributed by atoms with van der Waals surface area (Å²) in [5.74, 6) is -9.30. The molecule has 12 heteroatoms. The Morgan fingerprint density at radius 2 is 2.00 bits per heavy atom. The monoisotopic (exact) mass is 479 g/mol. The van der Waals surface area contributed by atoms with Gasteiger partial charge in [-0.2, -0.15) is 0 Å². The van der Waals surface area contributed by atoms with Gasteiger partial charge < -0.3 is 24.6 Å². The zero-order chi connectivity index (χ0) is 24.1. The number of pyridine rings is 1. The lowest BCUT2D eigenvalue weighted by Crippen LogP contribution is -2.59.